The van der Waals surface area contributed by atoms with Crippen molar-refractivity contribution in [1.82, 2.24) is 0 Å². The first-order valence-corrected chi connectivity index (χ1v) is 3.63. The summed E-state index contributed by atoms with van der Waals surface area (Å²) in [5, 5.41) is 7.62. The summed E-state index contributed by atoms with van der Waals surface area (Å²) < 4.78 is 0.782. The normalized spacial score (nSPS) is 6.44. The van der Waals surface area contributed by atoms with E-state index in [0.717, 1.165) is 10.6 Å². The van der Waals surface area contributed by atoms with Crippen LogP contribution in [0, 0.1) is 11.3 Å². The second kappa shape index (κ2) is 10.8. The molecule has 0 aromatic rings. The molecule has 0 rings (SSSR count). The van der Waals surface area contributed by atoms with Gasteiger partial charge in [0.25, 0.3) is 0 Å². The highest BCUT2D eigenvalue weighted by atomic mass is 32.1. The van der Waals surface area contributed by atoms with Gasteiger partial charge >= 0.3 is 0 Å². The largest absolute Gasteiger partial charge is 0.198 e. The van der Waals surface area contributed by atoms with E-state index in [1.807, 2.05) is 19.9 Å². The topological polar surface area (TPSA) is 23.8 Å². The third kappa shape index (κ3) is 32.5. The van der Waals surface area contributed by atoms with Crippen molar-refractivity contribution in [3.63, 3.8) is 0 Å². The third-order valence-electron chi connectivity index (χ3n) is 0.461. The maximum atomic E-state index is 7.62. The second-order valence-corrected chi connectivity index (χ2v) is 2.59. The highest BCUT2D eigenvalue weighted by molar-refractivity contribution is 8.11. The van der Waals surface area contributed by atoms with E-state index in [1.165, 1.54) is 0 Å². The maximum absolute atomic E-state index is 7.62. The van der Waals surface area contributed by atoms with Crippen molar-refractivity contribution >= 4 is 29.0 Å². The smallest absolute Gasteiger partial charge is 0.0618 e. The highest BCUT2D eigenvalue weighted by Crippen LogP contribution is 1.86. The van der Waals surface area contributed by atoms with E-state index < -0.39 is 0 Å². The average molecular weight is 161 g/mol. The molecule has 0 aromatic heterocycles. The quantitative estimate of drug-likeness (QED) is 0.472. The Morgan fingerprint density at radius 2 is 1.89 bits per heavy atom. The van der Waals surface area contributed by atoms with Crippen LogP contribution in [-0.2, 0) is 0 Å². The van der Waals surface area contributed by atoms with Crippen LogP contribution in [0.3, 0.4) is 0 Å². The summed E-state index contributed by atoms with van der Waals surface area (Å²) in [6, 6.07) is 1.93. The van der Waals surface area contributed by atoms with Gasteiger partial charge in [-0.3, -0.25) is 0 Å². The first kappa shape index (κ1) is 11.7. The molecule has 0 N–H and O–H groups in total. The zero-order chi connectivity index (χ0) is 7.70. The zero-order valence-electron chi connectivity index (χ0n) is 5.72. The molecule has 0 aliphatic carbocycles. The van der Waals surface area contributed by atoms with Crippen LogP contribution in [0.15, 0.2) is 0 Å². The van der Waals surface area contributed by atoms with Crippen molar-refractivity contribution in [3.05, 3.63) is 0 Å². The molecular weight excluding hydrogens is 150 g/mol. The molecule has 9 heavy (non-hydrogen) atoms. The van der Waals surface area contributed by atoms with Gasteiger partial charge in [-0.1, -0.05) is 26.1 Å². The monoisotopic (exact) mass is 161 g/mol. The molecule has 3 heteroatoms. The molecule has 0 fully saturated rings. The van der Waals surface area contributed by atoms with E-state index in [1.54, 1.807) is 0 Å². The number of rotatable bonds is 1. The fourth-order valence-corrected chi connectivity index (χ4v) is 0. The van der Waals surface area contributed by atoms with E-state index >= 15 is 0 Å². The molecule has 0 aromatic carbocycles. The Balaban J connectivity index is 0. The number of nitriles is 1. The predicted octanol–water partition coefficient (Wildman–Crippen LogP) is 2.57. The van der Waals surface area contributed by atoms with Gasteiger partial charge in [0, 0.05) is 10.6 Å². The van der Waals surface area contributed by atoms with Gasteiger partial charge in [0.05, 0.1) is 6.07 Å². The van der Waals surface area contributed by atoms with Crippen molar-refractivity contribution < 1.29 is 0 Å². The minimum Gasteiger partial charge on any atom is -0.198 e. The van der Waals surface area contributed by atoms with Gasteiger partial charge < -0.3 is 0 Å². The van der Waals surface area contributed by atoms with E-state index in [2.05, 4.69) is 24.8 Å². The Kier molecular flexibility index (Phi) is 14.1. The third-order valence-corrected chi connectivity index (χ3v) is 1.07. The lowest BCUT2D eigenvalue weighted by atomic mass is 10.6. The zero-order valence-corrected chi connectivity index (χ0v) is 7.43. The van der Waals surface area contributed by atoms with Gasteiger partial charge in [-0.15, -0.1) is 12.6 Å². The summed E-state index contributed by atoms with van der Waals surface area (Å²) in [7, 11) is 0. The van der Waals surface area contributed by atoms with Crippen molar-refractivity contribution in [3.8, 4) is 6.07 Å². The number of thiol groups is 1. The van der Waals surface area contributed by atoms with Crippen LogP contribution in [0.5, 0.6) is 0 Å². The fraction of sp³-hybridized carbons (Fsp3) is 0.667. The van der Waals surface area contributed by atoms with Crippen molar-refractivity contribution in [2.75, 3.05) is 0 Å². The van der Waals surface area contributed by atoms with E-state index in [9.17, 15) is 0 Å². The average Bonchev–Trinajstić information content (AvgIpc) is 1.89. The molecule has 0 aliphatic rings. The fourth-order valence-electron chi connectivity index (χ4n) is 0. The number of hydrogen-bond donors (Lipinski definition) is 1. The Bertz CT molecular complexity index is 104. The Labute approximate surface area is 67.5 Å². The minimum atomic E-state index is 0.625. The first-order valence-electron chi connectivity index (χ1n) is 2.77. The Morgan fingerprint density at radius 1 is 1.67 bits per heavy atom. The van der Waals surface area contributed by atoms with Crippen LogP contribution in [0.2, 0.25) is 0 Å². The predicted molar refractivity (Wildman–Crippen MR) is 47.8 cm³/mol. The van der Waals surface area contributed by atoms with Crippen molar-refractivity contribution in [2.24, 2.45) is 0 Å². The summed E-state index contributed by atoms with van der Waals surface area (Å²) in [4.78, 5) is 0. The van der Waals surface area contributed by atoms with E-state index in [-0.39, 0.29) is 0 Å². The summed E-state index contributed by atoms with van der Waals surface area (Å²) >= 11 is 8.39. The molecule has 0 saturated heterocycles. The maximum Gasteiger partial charge on any atom is 0.0618 e. The van der Waals surface area contributed by atoms with Gasteiger partial charge in [0.2, 0.25) is 0 Å². The summed E-state index contributed by atoms with van der Waals surface area (Å²) in [5.74, 6) is 0. The molecule has 0 bridgehead atoms. The van der Waals surface area contributed by atoms with Crippen LogP contribution in [0.4, 0.5) is 0 Å². The lowest BCUT2D eigenvalue weighted by Crippen LogP contribution is -1.69. The standard InChI is InChI=1S/C3H5N.C3H6S2/c1-2-3-4;1-2-3(4)5/h2H2,1H3;2H2,1H3,(H,4,5). The van der Waals surface area contributed by atoms with E-state index in [4.69, 9.17) is 5.26 Å². The molecule has 0 saturated carbocycles. The van der Waals surface area contributed by atoms with Gasteiger partial charge in [-0.25, -0.2) is 0 Å². The van der Waals surface area contributed by atoms with Crippen molar-refractivity contribution in [1.29, 1.82) is 5.26 Å². The number of thiocarbonyl (C=S) groups is 1. The Hall–Kier alpha value is -0.0700. The Morgan fingerprint density at radius 3 is 1.89 bits per heavy atom. The summed E-state index contributed by atoms with van der Waals surface area (Å²) in [6.45, 7) is 3.80. The number of hydrogen-bond acceptors (Lipinski definition) is 2. The first-order chi connectivity index (χ1) is 4.18. The molecule has 0 atom stereocenters. The highest BCUT2D eigenvalue weighted by Gasteiger charge is 1.72. The summed E-state index contributed by atoms with van der Waals surface area (Å²) in [5.41, 5.74) is 0. The minimum absolute atomic E-state index is 0.625. The molecule has 0 amide bonds. The van der Waals surface area contributed by atoms with Crippen LogP contribution in [0.25, 0.3) is 0 Å². The molecular formula is C6H11NS2. The van der Waals surface area contributed by atoms with E-state index in [0.29, 0.717) is 6.42 Å². The second-order valence-electron chi connectivity index (χ2n) is 1.26. The molecule has 52 valence electrons. The van der Waals surface area contributed by atoms with Crippen molar-refractivity contribution in [2.45, 2.75) is 26.7 Å². The molecule has 0 aliphatic heterocycles. The SMILES string of the molecule is CCC#N.CCC(=S)S. The van der Waals surface area contributed by atoms with Gasteiger partial charge in [-0.2, -0.15) is 5.26 Å². The van der Waals surface area contributed by atoms with Crippen LogP contribution in [-0.4, -0.2) is 4.20 Å². The number of nitrogens with zero attached hydrogens (tertiary/aromatic N) is 1. The van der Waals surface area contributed by atoms with Crippen LogP contribution < -0.4 is 0 Å². The molecule has 0 unspecified atom stereocenters. The van der Waals surface area contributed by atoms with Gasteiger partial charge in [-0.05, 0) is 6.42 Å². The van der Waals surface area contributed by atoms with Gasteiger partial charge in [0.1, 0.15) is 0 Å². The molecule has 0 spiro atoms. The summed E-state index contributed by atoms with van der Waals surface area (Å²) in [6.07, 6.45) is 1.53. The molecule has 0 heterocycles. The lowest BCUT2D eigenvalue weighted by Gasteiger charge is -1.75. The lowest BCUT2D eigenvalue weighted by molar-refractivity contribution is 1.22. The molecule has 1 nitrogen and oxygen atoms in total. The van der Waals surface area contributed by atoms with Crippen LogP contribution in [0.1, 0.15) is 26.7 Å². The van der Waals surface area contributed by atoms with Gasteiger partial charge in [0.15, 0.2) is 0 Å². The molecule has 0 radical (unpaired) electrons. The van der Waals surface area contributed by atoms with Crippen LogP contribution >= 0.6 is 24.8 Å².